The fourth-order valence-corrected chi connectivity index (χ4v) is 8.59. The molecule has 2 heterocycles. The van der Waals surface area contributed by atoms with Crippen molar-refractivity contribution in [1.82, 2.24) is 9.80 Å². The van der Waals surface area contributed by atoms with Crippen LogP contribution in [0.1, 0.15) is 121 Å². The van der Waals surface area contributed by atoms with Gasteiger partial charge in [0, 0.05) is 19.6 Å². The Hall–Kier alpha value is -2.10. The molecule has 3 heteroatoms. The second-order valence-corrected chi connectivity index (χ2v) is 15.1. The topological polar surface area (TPSA) is 15.7 Å². The summed E-state index contributed by atoms with van der Waals surface area (Å²) in [5.74, 6) is 3.98. The average Bonchev–Trinajstić information content (AvgIpc) is 3.05. The molecule has 256 valence electrons. The first kappa shape index (κ1) is 36.7. The van der Waals surface area contributed by atoms with E-state index in [1.54, 1.807) is 7.11 Å². The molecule has 0 amide bonds. The van der Waals surface area contributed by atoms with Gasteiger partial charge in [-0.2, -0.15) is 0 Å². The van der Waals surface area contributed by atoms with Gasteiger partial charge in [-0.15, -0.1) is 6.58 Å². The predicted molar refractivity (Wildman–Crippen MR) is 202 cm³/mol. The number of allylic oxidation sites excluding steroid dienone is 2. The number of fused-ring (bicyclic) bond motifs is 3. The Morgan fingerprint density at radius 1 is 0.761 bits per heavy atom. The largest absolute Gasteiger partial charge is 0.497 e. The first-order valence-corrected chi connectivity index (χ1v) is 19.3. The van der Waals surface area contributed by atoms with Crippen molar-refractivity contribution < 1.29 is 4.74 Å². The molecule has 0 aromatic heterocycles. The summed E-state index contributed by atoms with van der Waals surface area (Å²) < 4.78 is 5.36. The highest BCUT2D eigenvalue weighted by atomic mass is 16.5. The maximum absolute atomic E-state index is 5.36. The molecule has 2 bridgehead atoms. The van der Waals surface area contributed by atoms with Crippen molar-refractivity contribution >= 4 is 16.8 Å². The molecule has 2 aliphatic heterocycles. The Morgan fingerprint density at radius 2 is 1.46 bits per heavy atom. The number of likely N-dealkylation sites (tertiary alicyclic amines) is 1. The van der Waals surface area contributed by atoms with Gasteiger partial charge in [-0.3, -0.25) is 0 Å². The maximum Gasteiger partial charge on any atom is 0.119 e. The summed E-state index contributed by atoms with van der Waals surface area (Å²) in [5.41, 5.74) is 1.29. The predicted octanol–water partition coefficient (Wildman–Crippen LogP) is 11.4. The number of methoxy groups -OCH3 is 1. The van der Waals surface area contributed by atoms with E-state index in [-0.39, 0.29) is 0 Å². The molecule has 46 heavy (non-hydrogen) atoms. The van der Waals surface area contributed by atoms with Gasteiger partial charge in [0.25, 0.3) is 0 Å². The van der Waals surface area contributed by atoms with Crippen LogP contribution in [0.25, 0.3) is 16.8 Å². The van der Waals surface area contributed by atoms with Gasteiger partial charge in [0.1, 0.15) is 5.75 Å². The van der Waals surface area contributed by atoms with Crippen LogP contribution >= 0.6 is 0 Å². The molecule has 4 rings (SSSR count). The lowest BCUT2D eigenvalue weighted by atomic mass is 9.72. The van der Waals surface area contributed by atoms with Crippen molar-refractivity contribution in [2.75, 3.05) is 47.4 Å². The fourth-order valence-electron chi connectivity index (χ4n) is 8.59. The summed E-state index contributed by atoms with van der Waals surface area (Å²) in [6.45, 7) is 9.54. The summed E-state index contributed by atoms with van der Waals surface area (Å²) in [7, 11) is 6.49. The normalized spacial score (nSPS) is 25.0. The molecule has 0 aliphatic carbocycles. The highest BCUT2D eigenvalue weighted by Gasteiger charge is 2.33. The third kappa shape index (κ3) is 12.8. The lowest BCUT2D eigenvalue weighted by Gasteiger charge is -2.42. The summed E-state index contributed by atoms with van der Waals surface area (Å²) in [4.78, 5) is 5.32. The van der Waals surface area contributed by atoms with E-state index in [1.165, 1.54) is 158 Å². The zero-order chi connectivity index (χ0) is 32.4. The van der Waals surface area contributed by atoms with Crippen LogP contribution in [-0.2, 0) is 0 Å². The van der Waals surface area contributed by atoms with Crippen molar-refractivity contribution in [2.45, 2.75) is 116 Å². The van der Waals surface area contributed by atoms with E-state index >= 15 is 0 Å². The van der Waals surface area contributed by atoms with E-state index in [4.69, 9.17) is 4.74 Å². The van der Waals surface area contributed by atoms with Gasteiger partial charge < -0.3 is 14.5 Å². The minimum absolute atomic E-state index is 0.653. The number of unbranched alkanes of at least 4 members (excludes halogenated alkanes) is 6. The number of benzene rings is 2. The molecule has 3 nitrogen and oxygen atoms in total. The molecule has 0 N–H and O–H groups in total. The van der Waals surface area contributed by atoms with Crippen LogP contribution in [0.15, 0.2) is 55.1 Å². The number of nitrogens with zero attached hydrogens (tertiary/aromatic N) is 2. The molecule has 2 aliphatic rings. The van der Waals surface area contributed by atoms with Gasteiger partial charge in [-0.1, -0.05) is 113 Å². The highest BCUT2D eigenvalue weighted by molar-refractivity contribution is 5.86. The van der Waals surface area contributed by atoms with Crippen LogP contribution in [0.2, 0.25) is 0 Å². The lowest BCUT2D eigenvalue weighted by molar-refractivity contribution is 0.0863. The summed E-state index contributed by atoms with van der Waals surface area (Å²) in [5, 5.41) is 2.50. The van der Waals surface area contributed by atoms with Crippen LogP contribution in [0, 0.1) is 23.7 Å². The van der Waals surface area contributed by atoms with Crippen molar-refractivity contribution in [3.05, 3.63) is 60.7 Å². The standard InChI is InChI=1S/C43H68N2O/c1-5-43-40(34-44(2)29-21-17-13-9-8-11-15-19-23-37-31-41(43)35-45(3)33-37)24-20-16-12-7-6-10-14-18-22-36-25-26-39-32-42(46-4)28-27-38(39)30-36/h5,18,22,25-28,30,32,37,40-41,43H,1,6-17,19-21,23-24,29,31,33-35H2,2-4H3/b22-18+/t37-,40-,41+,43-/m0/s1. The molecule has 0 spiro atoms. The molecule has 2 aromatic carbocycles. The SMILES string of the molecule is C=C[C@@H]1[C@@H]2C[C@H](CCCCCCCCCCN(C)C[C@@H]1CCCCCCCC/C=C/c1ccc3cc(OC)ccc3c1)CN(C)C2. The van der Waals surface area contributed by atoms with Crippen LogP contribution in [0.5, 0.6) is 5.75 Å². The zero-order valence-electron chi connectivity index (χ0n) is 30.1. The molecule has 2 fully saturated rings. The third-order valence-corrected chi connectivity index (χ3v) is 11.1. The van der Waals surface area contributed by atoms with Crippen molar-refractivity contribution in [3.63, 3.8) is 0 Å². The molecule has 0 unspecified atom stereocenters. The van der Waals surface area contributed by atoms with Gasteiger partial charge in [-0.25, -0.2) is 0 Å². The van der Waals surface area contributed by atoms with E-state index in [0.29, 0.717) is 5.92 Å². The molecule has 4 atom stereocenters. The van der Waals surface area contributed by atoms with Crippen LogP contribution in [0.3, 0.4) is 0 Å². The molecule has 0 saturated carbocycles. The Kier molecular flexibility index (Phi) is 16.8. The van der Waals surface area contributed by atoms with Crippen LogP contribution < -0.4 is 4.74 Å². The third-order valence-electron chi connectivity index (χ3n) is 11.1. The zero-order valence-corrected chi connectivity index (χ0v) is 30.1. The monoisotopic (exact) mass is 629 g/mol. The molecular formula is C43H68N2O. The van der Waals surface area contributed by atoms with Crippen molar-refractivity contribution in [2.24, 2.45) is 23.7 Å². The van der Waals surface area contributed by atoms with E-state index in [0.717, 1.165) is 23.5 Å². The summed E-state index contributed by atoms with van der Waals surface area (Å²) in [6, 6.07) is 13.0. The second-order valence-electron chi connectivity index (χ2n) is 15.1. The van der Waals surface area contributed by atoms with E-state index < -0.39 is 0 Å². The Balaban J connectivity index is 1.19. The average molecular weight is 629 g/mol. The first-order chi connectivity index (χ1) is 22.6. The van der Waals surface area contributed by atoms with Gasteiger partial charge in [-0.05, 0) is 117 Å². The lowest BCUT2D eigenvalue weighted by Crippen LogP contribution is -2.43. The van der Waals surface area contributed by atoms with Crippen molar-refractivity contribution in [3.8, 4) is 5.75 Å². The summed E-state index contributed by atoms with van der Waals surface area (Å²) in [6.07, 6.45) is 32.0. The van der Waals surface area contributed by atoms with Gasteiger partial charge >= 0.3 is 0 Å². The minimum atomic E-state index is 0.653. The van der Waals surface area contributed by atoms with E-state index in [2.05, 4.69) is 79.0 Å². The Labute approximate surface area is 283 Å². The Bertz CT molecular complexity index is 1160. The first-order valence-electron chi connectivity index (χ1n) is 19.3. The van der Waals surface area contributed by atoms with Gasteiger partial charge in [0.05, 0.1) is 7.11 Å². The van der Waals surface area contributed by atoms with Crippen molar-refractivity contribution in [1.29, 1.82) is 0 Å². The van der Waals surface area contributed by atoms with Crippen LogP contribution in [-0.4, -0.2) is 57.2 Å². The Morgan fingerprint density at radius 3 is 2.24 bits per heavy atom. The minimum Gasteiger partial charge on any atom is -0.497 e. The molecular weight excluding hydrogens is 560 g/mol. The second kappa shape index (κ2) is 21.0. The molecule has 2 saturated heterocycles. The number of hydrogen-bond acceptors (Lipinski definition) is 3. The quantitative estimate of drug-likeness (QED) is 0.172. The number of hydrogen-bond donors (Lipinski definition) is 0. The van der Waals surface area contributed by atoms with Gasteiger partial charge in [0.2, 0.25) is 0 Å². The van der Waals surface area contributed by atoms with Crippen LogP contribution in [0.4, 0.5) is 0 Å². The smallest absolute Gasteiger partial charge is 0.119 e. The molecule has 0 radical (unpaired) electrons. The summed E-state index contributed by atoms with van der Waals surface area (Å²) >= 11 is 0. The maximum atomic E-state index is 5.36. The molecule has 2 aromatic rings. The van der Waals surface area contributed by atoms with E-state index in [9.17, 15) is 0 Å². The van der Waals surface area contributed by atoms with E-state index in [1.807, 2.05) is 6.07 Å². The number of ether oxygens (including phenoxy) is 1. The fraction of sp³-hybridized carbons (Fsp3) is 0.674. The highest BCUT2D eigenvalue weighted by Crippen LogP contribution is 2.37. The number of rotatable bonds is 12. The number of piperidine rings is 1. The van der Waals surface area contributed by atoms with Gasteiger partial charge in [0.15, 0.2) is 0 Å².